The van der Waals surface area contributed by atoms with Crippen molar-refractivity contribution in [2.45, 2.75) is 90.9 Å². The number of aromatic amines is 1. The molecule has 2 aromatic heterocycles. The van der Waals surface area contributed by atoms with Gasteiger partial charge in [0.1, 0.15) is 0 Å². The normalized spacial score (nSPS) is 15.9. The Morgan fingerprint density at radius 1 is 1.21 bits per heavy atom. The van der Waals surface area contributed by atoms with Gasteiger partial charge in [-0.15, -0.1) is 5.10 Å². The summed E-state index contributed by atoms with van der Waals surface area (Å²) in [6.07, 6.45) is 7.96. The van der Waals surface area contributed by atoms with E-state index in [2.05, 4.69) is 64.4 Å². The third kappa shape index (κ3) is 5.39. The van der Waals surface area contributed by atoms with Crippen LogP contribution in [0.4, 0.5) is 0 Å². The lowest BCUT2D eigenvalue weighted by molar-refractivity contribution is 0.0795. The first-order chi connectivity index (χ1) is 16.5. The Kier molecular flexibility index (Phi) is 8.11. The average Bonchev–Trinajstić information content (AvgIpc) is 3.29. The lowest BCUT2D eigenvalue weighted by Gasteiger charge is -2.39. The van der Waals surface area contributed by atoms with Gasteiger partial charge in [-0.1, -0.05) is 38.7 Å². The highest BCUT2D eigenvalue weighted by atomic mass is 16.5. The molecular formula is C26H38N6O2. The Morgan fingerprint density at radius 3 is 2.74 bits per heavy atom. The van der Waals surface area contributed by atoms with E-state index in [1.54, 1.807) is 7.11 Å². The number of aryl methyl sites for hydroxylation is 2. The lowest BCUT2D eigenvalue weighted by atomic mass is 9.91. The van der Waals surface area contributed by atoms with Crippen molar-refractivity contribution in [3.05, 3.63) is 51.1 Å². The highest BCUT2D eigenvalue weighted by molar-refractivity contribution is 5.83. The van der Waals surface area contributed by atoms with E-state index in [0.29, 0.717) is 25.7 Å². The van der Waals surface area contributed by atoms with Gasteiger partial charge in [0.25, 0.3) is 5.56 Å². The van der Waals surface area contributed by atoms with Crippen molar-refractivity contribution in [2.75, 3.05) is 13.7 Å². The first-order valence-electron chi connectivity index (χ1n) is 12.7. The third-order valence-corrected chi connectivity index (χ3v) is 7.11. The molecule has 8 heteroatoms. The van der Waals surface area contributed by atoms with Crippen molar-refractivity contribution in [3.8, 4) is 0 Å². The SMILES string of the molecule is CCCC(c1nnnn1CCOC)N(Cc1cc2c(C)cc(C)cc2[nH]c1=O)C1CCCCC1. The number of pyridine rings is 1. The molecule has 0 bridgehead atoms. The molecule has 0 spiro atoms. The predicted molar refractivity (Wildman–Crippen MR) is 134 cm³/mol. The molecule has 1 N–H and O–H groups in total. The van der Waals surface area contributed by atoms with E-state index >= 15 is 0 Å². The van der Waals surface area contributed by atoms with Crippen LogP contribution in [0.25, 0.3) is 10.9 Å². The van der Waals surface area contributed by atoms with Gasteiger partial charge in [0.05, 0.1) is 19.2 Å². The largest absolute Gasteiger partial charge is 0.383 e. The van der Waals surface area contributed by atoms with E-state index in [4.69, 9.17) is 4.74 Å². The van der Waals surface area contributed by atoms with Crippen molar-refractivity contribution < 1.29 is 4.74 Å². The van der Waals surface area contributed by atoms with Crippen LogP contribution in [0.2, 0.25) is 0 Å². The van der Waals surface area contributed by atoms with Gasteiger partial charge in [-0.05, 0) is 66.8 Å². The molecule has 0 saturated heterocycles. The molecule has 0 radical (unpaired) electrons. The molecule has 8 nitrogen and oxygen atoms in total. The smallest absolute Gasteiger partial charge is 0.252 e. The number of methoxy groups -OCH3 is 1. The number of nitrogens with one attached hydrogen (secondary N) is 1. The molecule has 0 aliphatic heterocycles. The van der Waals surface area contributed by atoms with Gasteiger partial charge in [0.2, 0.25) is 0 Å². The fourth-order valence-electron chi connectivity index (χ4n) is 5.44. The lowest BCUT2D eigenvalue weighted by Crippen LogP contribution is -2.41. The summed E-state index contributed by atoms with van der Waals surface area (Å²) in [5.41, 5.74) is 4.05. The van der Waals surface area contributed by atoms with Crippen molar-refractivity contribution in [1.29, 1.82) is 0 Å². The first kappa shape index (κ1) is 24.5. The summed E-state index contributed by atoms with van der Waals surface area (Å²) in [6, 6.07) is 6.78. The molecule has 2 heterocycles. The summed E-state index contributed by atoms with van der Waals surface area (Å²) in [5.74, 6) is 0.869. The van der Waals surface area contributed by atoms with Gasteiger partial charge in [-0.25, -0.2) is 4.68 Å². The molecule has 1 saturated carbocycles. The average molecular weight is 467 g/mol. The topological polar surface area (TPSA) is 88.9 Å². The predicted octanol–water partition coefficient (Wildman–Crippen LogP) is 4.45. The number of aromatic nitrogens is 5. The molecule has 0 amide bonds. The fourth-order valence-corrected chi connectivity index (χ4v) is 5.44. The molecule has 1 aliphatic carbocycles. The number of ether oxygens (including phenoxy) is 1. The van der Waals surface area contributed by atoms with Crippen molar-refractivity contribution in [1.82, 2.24) is 30.1 Å². The molecule has 1 aromatic carbocycles. The Morgan fingerprint density at radius 2 is 2.00 bits per heavy atom. The second kappa shape index (κ2) is 11.2. The number of hydrogen-bond acceptors (Lipinski definition) is 6. The third-order valence-electron chi connectivity index (χ3n) is 7.11. The van der Waals surface area contributed by atoms with E-state index in [1.807, 2.05) is 4.68 Å². The van der Waals surface area contributed by atoms with Gasteiger partial charge in [-0.3, -0.25) is 9.69 Å². The van der Waals surface area contributed by atoms with Gasteiger partial charge in [-0.2, -0.15) is 0 Å². The number of hydrogen-bond donors (Lipinski definition) is 1. The Balaban J connectivity index is 1.74. The molecule has 1 unspecified atom stereocenters. The van der Waals surface area contributed by atoms with Crippen LogP contribution in [0.5, 0.6) is 0 Å². The van der Waals surface area contributed by atoms with E-state index in [0.717, 1.165) is 53.5 Å². The second-order valence-electron chi connectivity index (χ2n) is 9.69. The van der Waals surface area contributed by atoms with E-state index in [9.17, 15) is 4.79 Å². The summed E-state index contributed by atoms with van der Waals surface area (Å²) in [4.78, 5) is 18.9. The number of nitrogens with zero attached hydrogens (tertiary/aromatic N) is 5. The maximum atomic E-state index is 13.2. The molecule has 1 aliphatic rings. The zero-order valence-electron chi connectivity index (χ0n) is 21.0. The van der Waals surface area contributed by atoms with E-state index in [1.165, 1.54) is 24.8 Å². The van der Waals surface area contributed by atoms with Crippen LogP contribution in [-0.2, 0) is 17.8 Å². The standard InChI is InChI=1S/C26H38N6O2/c1-5-9-24(25-28-29-30-32(25)12-13-34-4)31(21-10-7-6-8-11-21)17-20-16-22-19(3)14-18(2)15-23(22)27-26(20)33/h14-16,21,24H,5-13,17H2,1-4H3,(H,27,33). The minimum atomic E-state index is -0.00691. The van der Waals surface area contributed by atoms with Crippen molar-refractivity contribution in [3.63, 3.8) is 0 Å². The number of tetrazole rings is 1. The molecule has 34 heavy (non-hydrogen) atoms. The summed E-state index contributed by atoms with van der Waals surface area (Å²) >= 11 is 0. The van der Waals surface area contributed by atoms with Crippen LogP contribution < -0.4 is 5.56 Å². The van der Waals surface area contributed by atoms with Crippen LogP contribution in [0.15, 0.2) is 23.0 Å². The van der Waals surface area contributed by atoms with Crippen molar-refractivity contribution in [2.24, 2.45) is 0 Å². The first-order valence-corrected chi connectivity index (χ1v) is 12.7. The minimum Gasteiger partial charge on any atom is -0.383 e. The van der Waals surface area contributed by atoms with Crippen LogP contribution >= 0.6 is 0 Å². The molecule has 1 atom stereocenters. The monoisotopic (exact) mass is 466 g/mol. The van der Waals surface area contributed by atoms with Gasteiger partial charge >= 0.3 is 0 Å². The molecule has 3 aromatic rings. The molecule has 4 rings (SSSR count). The highest BCUT2D eigenvalue weighted by Crippen LogP contribution is 2.33. The number of rotatable bonds is 10. The zero-order valence-corrected chi connectivity index (χ0v) is 21.0. The minimum absolute atomic E-state index is 0.00691. The zero-order chi connectivity index (χ0) is 24.1. The number of benzene rings is 1. The molecular weight excluding hydrogens is 428 g/mol. The summed E-state index contributed by atoms with van der Waals surface area (Å²) in [7, 11) is 1.69. The quantitative estimate of drug-likeness (QED) is 0.475. The number of H-pyrrole nitrogens is 1. The fraction of sp³-hybridized carbons (Fsp3) is 0.615. The maximum Gasteiger partial charge on any atom is 0.252 e. The van der Waals surface area contributed by atoms with Crippen LogP contribution in [-0.4, -0.2) is 49.8 Å². The van der Waals surface area contributed by atoms with E-state index < -0.39 is 0 Å². The van der Waals surface area contributed by atoms with Gasteiger partial charge in [0.15, 0.2) is 5.82 Å². The van der Waals surface area contributed by atoms with Crippen LogP contribution in [0.3, 0.4) is 0 Å². The summed E-state index contributed by atoms with van der Waals surface area (Å²) in [5, 5.41) is 13.8. The van der Waals surface area contributed by atoms with Gasteiger partial charge < -0.3 is 9.72 Å². The van der Waals surface area contributed by atoms with Crippen molar-refractivity contribution >= 4 is 10.9 Å². The Labute approximate surface area is 201 Å². The summed E-state index contributed by atoms with van der Waals surface area (Å²) in [6.45, 7) is 8.14. The Bertz CT molecular complexity index is 1150. The Hall–Kier alpha value is -2.58. The maximum absolute atomic E-state index is 13.2. The van der Waals surface area contributed by atoms with Crippen LogP contribution in [0, 0.1) is 13.8 Å². The van der Waals surface area contributed by atoms with E-state index in [-0.39, 0.29) is 11.6 Å². The van der Waals surface area contributed by atoms with Crippen LogP contribution in [0.1, 0.15) is 80.4 Å². The second-order valence-corrected chi connectivity index (χ2v) is 9.69. The molecule has 184 valence electrons. The molecule has 1 fully saturated rings. The number of fused-ring (bicyclic) bond motifs is 1. The summed E-state index contributed by atoms with van der Waals surface area (Å²) < 4.78 is 7.16. The highest BCUT2D eigenvalue weighted by Gasteiger charge is 2.32. The van der Waals surface area contributed by atoms with Gasteiger partial charge in [0, 0.05) is 36.2 Å².